The second-order valence-electron chi connectivity index (χ2n) is 4.85. The molecule has 0 radical (unpaired) electrons. The monoisotopic (exact) mass is 316 g/mol. The molecular formula is C17H17ClN2O2. The van der Waals surface area contributed by atoms with E-state index in [1.54, 1.807) is 19.2 Å². The Hall–Kier alpha value is -2.33. The standard InChI is InChI=1S/C17H17ClN2O2/c1-11-4-9-15(16(18)10-11)17(21)20-19-12(2)13-5-7-14(22-3)8-6-13/h4-10H,1-3H3,(H,20,21)/b19-12-. The molecule has 1 amide bonds. The van der Waals surface area contributed by atoms with E-state index < -0.39 is 0 Å². The first-order chi connectivity index (χ1) is 10.5. The highest BCUT2D eigenvalue weighted by Crippen LogP contribution is 2.17. The van der Waals surface area contributed by atoms with Crippen molar-refractivity contribution in [2.75, 3.05) is 7.11 Å². The summed E-state index contributed by atoms with van der Waals surface area (Å²) >= 11 is 6.07. The number of halogens is 1. The van der Waals surface area contributed by atoms with Crippen molar-refractivity contribution in [1.29, 1.82) is 0 Å². The van der Waals surface area contributed by atoms with Crippen LogP contribution in [0.1, 0.15) is 28.4 Å². The Morgan fingerprint density at radius 1 is 1.18 bits per heavy atom. The van der Waals surface area contributed by atoms with Gasteiger partial charge in [-0.1, -0.05) is 17.7 Å². The van der Waals surface area contributed by atoms with E-state index in [0.29, 0.717) is 16.3 Å². The van der Waals surface area contributed by atoms with Gasteiger partial charge in [0.2, 0.25) is 0 Å². The average molecular weight is 317 g/mol. The summed E-state index contributed by atoms with van der Waals surface area (Å²) in [5.74, 6) is 0.435. The summed E-state index contributed by atoms with van der Waals surface area (Å²) in [5, 5.41) is 4.52. The molecule has 0 fully saturated rings. The molecule has 2 rings (SSSR count). The van der Waals surface area contributed by atoms with E-state index in [4.69, 9.17) is 16.3 Å². The van der Waals surface area contributed by atoms with Crippen LogP contribution in [-0.4, -0.2) is 18.7 Å². The Morgan fingerprint density at radius 3 is 2.45 bits per heavy atom. The average Bonchev–Trinajstić information content (AvgIpc) is 2.52. The molecule has 0 heterocycles. The lowest BCUT2D eigenvalue weighted by atomic mass is 10.1. The van der Waals surface area contributed by atoms with Gasteiger partial charge < -0.3 is 4.74 Å². The first-order valence-electron chi connectivity index (χ1n) is 6.76. The fourth-order valence-electron chi connectivity index (χ4n) is 1.90. The third kappa shape index (κ3) is 3.86. The fourth-order valence-corrected chi connectivity index (χ4v) is 2.22. The maximum atomic E-state index is 12.1. The van der Waals surface area contributed by atoms with Crippen molar-refractivity contribution in [3.05, 3.63) is 64.2 Å². The van der Waals surface area contributed by atoms with Crippen LogP contribution < -0.4 is 10.2 Å². The van der Waals surface area contributed by atoms with Gasteiger partial charge in [0.05, 0.1) is 23.4 Å². The summed E-state index contributed by atoms with van der Waals surface area (Å²) in [7, 11) is 1.61. The number of ether oxygens (including phenoxy) is 1. The molecule has 0 aliphatic carbocycles. The number of benzene rings is 2. The number of aryl methyl sites for hydroxylation is 1. The normalized spacial score (nSPS) is 11.2. The highest BCUT2D eigenvalue weighted by atomic mass is 35.5. The predicted molar refractivity (Wildman–Crippen MR) is 88.9 cm³/mol. The van der Waals surface area contributed by atoms with Crippen LogP contribution in [0.4, 0.5) is 0 Å². The van der Waals surface area contributed by atoms with E-state index in [2.05, 4.69) is 10.5 Å². The summed E-state index contributed by atoms with van der Waals surface area (Å²) < 4.78 is 5.10. The third-order valence-corrected chi connectivity index (χ3v) is 3.51. The molecule has 0 saturated carbocycles. The SMILES string of the molecule is COc1ccc(/C(C)=N\NC(=O)c2ccc(C)cc2Cl)cc1. The molecule has 1 N–H and O–H groups in total. The van der Waals surface area contributed by atoms with Crippen molar-refractivity contribution in [1.82, 2.24) is 5.43 Å². The van der Waals surface area contributed by atoms with Crippen LogP contribution >= 0.6 is 11.6 Å². The first-order valence-corrected chi connectivity index (χ1v) is 7.14. The summed E-state index contributed by atoms with van der Waals surface area (Å²) in [6, 6.07) is 12.7. The van der Waals surface area contributed by atoms with Gasteiger partial charge in [-0.2, -0.15) is 5.10 Å². The van der Waals surface area contributed by atoms with Crippen molar-refractivity contribution in [3.63, 3.8) is 0 Å². The molecule has 0 aliphatic rings. The van der Waals surface area contributed by atoms with Gasteiger partial charge in [0, 0.05) is 0 Å². The molecule has 0 unspecified atom stereocenters. The number of amides is 1. The van der Waals surface area contributed by atoms with Crippen LogP contribution in [-0.2, 0) is 0 Å². The lowest BCUT2D eigenvalue weighted by Gasteiger charge is -2.06. The van der Waals surface area contributed by atoms with Gasteiger partial charge >= 0.3 is 0 Å². The van der Waals surface area contributed by atoms with Gasteiger partial charge in [-0.05, 0) is 61.4 Å². The number of hydrogen-bond donors (Lipinski definition) is 1. The Balaban J connectivity index is 2.10. The molecule has 4 nitrogen and oxygen atoms in total. The number of methoxy groups -OCH3 is 1. The summed E-state index contributed by atoms with van der Waals surface area (Å²) in [6.45, 7) is 3.73. The zero-order chi connectivity index (χ0) is 16.1. The van der Waals surface area contributed by atoms with Gasteiger partial charge in [0.25, 0.3) is 5.91 Å². The minimum Gasteiger partial charge on any atom is -0.497 e. The number of rotatable bonds is 4. The van der Waals surface area contributed by atoms with Crippen LogP contribution in [0.5, 0.6) is 5.75 Å². The maximum Gasteiger partial charge on any atom is 0.272 e. The lowest BCUT2D eigenvalue weighted by molar-refractivity contribution is 0.0955. The Kier molecular flexibility index (Phi) is 5.17. The molecule has 0 saturated heterocycles. The van der Waals surface area contributed by atoms with Gasteiger partial charge in [-0.3, -0.25) is 4.79 Å². The molecule has 0 aromatic heterocycles. The number of nitrogens with one attached hydrogen (secondary N) is 1. The van der Waals surface area contributed by atoms with Crippen LogP contribution in [0.3, 0.4) is 0 Å². The van der Waals surface area contributed by atoms with Crippen molar-refractivity contribution in [2.24, 2.45) is 5.10 Å². The summed E-state index contributed by atoms with van der Waals surface area (Å²) in [4.78, 5) is 12.1. The Labute approximate surface area is 134 Å². The van der Waals surface area contributed by atoms with Gasteiger partial charge in [-0.25, -0.2) is 5.43 Å². The second-order valence-corrected chi connectivity index (χ2v) is 5.26. The van der Waals surface area contributed by atoms with Crippen LogP contribution in [0.25, 0.3) is 0 Å². The van der Waals surface area contributed by atoms with Crippen molar-refractivity contribution < 1.29 is 9.53 Å². The van der Waals surface area contributed by atoms with Gasteiger partial charge in [0.15, 0.2) is 0 Å². The number of hydrazone groups is 1. The smallest absolute Gasteiger partial charge is 0.272 e. The van der Waals surface area contributed by atoms with E-state index >= 15 is 0 Å². The van der Waals surface area contributed by atoms with Crippen LogP contribution in [0, 0.1) is 6.92 Å². The van der Waals surface area contributed by atoms with E-state index in [0.717, 1.165) is 16.9 Å². The quantitative estimate of drug-likeness (QED) is 0.689. The maximum absolute atomic E-state index is 12.1. The van der Waals surface area contributed by atoms with Crippen molar-refractivity contribution in [2.45, 2.75) is 13.8 Å². The molecule has 22 heavy (non-hydrogen) atoms. The highest BCUT2D eigenvalue weighted by Gasteiger charge is 2.09. The molecule has 5 heteroatoms. The lowest BCUT2D eigenvalue weighted by Crippen LogP contribution is -2.19. The minimum absolute atomic E-state index is 0.335. The Morgan fingerprint density at radius 2 is 1.86 bits per heavy atom. The summed E-state index contributed by atoms with van der Waals surface area (Å²) in [5.41, 5.74) is 5.51. The summed E-state index contributed by atoms with van der Waals surface area (Å²) in [6.07, 6.45) is 0. The molecule has 114 valence electrons. The number of carbonyl (C=O) groups is 1. The molecule has 2 aromatic carbocycles. The molecule has 2 aromatic rings. The number of hydrogen-bond acceptors (Lipinski definition) is 3. The first kappa shape index (κ1) is 16.0. The third-order valence-electron chi connectivity index (χ3n) is 3.20. The zero-order valence-electron chi connectivity index (χ0n) is 12.7. The molecular weight excluding hydrogens is 300 g/mol. The second kappa shape index (κ2) is 7.09. The molecule has 0 atom stereocenters. The topological polar surface area (TPSA) is 50.7 Å². The predicted octanol–water partition coefficient (Wildman–Crippen LogP) is 3.81. The van der Waals surface area contributed by atoms with Gasteiger partial charge in [0.1, 0.15) is 5.75 Å². The van der Waals surface area contributed by atoms with E-state index in [1.165, 1.54) is 0 Å². The van der Waals surface area contributed by atoms with Crippen LogP contribution in [0.15, 0.2) is 47.6 Å². The largest absolute Gasteiger partial charge is 0.497 e. The highest BCUT2D eigenvalue weighted by molar-refractivity contribution is 6.33. The minimum atomic E-state index is -0.335. The molecule has 0 spiro atoms. The van der Waals surface area contributed by atoms with E-state index in [9.17, 15) is 4.79 Å². The van der Waals surface area contributed by atoms with Crippen molar-refractivity contribution >= 4 is 23.2 Å². The van der Waals surface area contributed by atoms with E-state index in [-0.39, 0.29) is 5.91 Å². The number of carbonyl (C=O) groups excluding carboxylic acids is 1. The fraction of sp³-hybridized carbons (Fsp3) is 0.176. The van der Waals surface area contributed by atoms with E-state index in [1.807, 2.05) is 44.2 Å². The van der Waals surface area contributed by atoms with Crippen molar-refractivity contribution in [3.8, 4) is 5.75 Å². The number of nitrogens with zero attached hydrogens (tertiary/aromatic N) is 1. The van der Waals surface area contributed by atoms with Crippen LogP contribution in [0.2, 0.25) is 5.02 Å². The molecule has 0 aliphatic heterocycles. The van der Waals surface area contributed by atoms with Gasteiger partial charge in [-0.15, -0.1) is 0 Å². The molecule has 0 bridgehead atoms. The zero-order valence-corrected chi connectivity index (χ0v) is 13.4. The Bertz CT molecular complexity index is 709.